The zero-order valence-corrected chi connectivity index (χ0v) is 6.38. The second-order valence-electron chi connectivity index (χ2n) is 1.16. The average molecular weight is 151 g/mol. The number of carbonyl (C=O) groups is 2. The van der Waals surface area contributed by atoms with Gasteiger partial charge in [-0.05, 0) is 6.92 Å². The first-order valence-corrected chi connectivity index (χ1v) is 2.39. The summed E-state index contributed by atoms with van der Waals surface area (Å²) in [6, 6.07) is 0. The Morgan fingerprint density at radius 2 is 1.60 bits per heavy atom. The molecule has 0 aliphatic rings. The maximum absolute atomic E-state index is 9.48. The Hall–Kier alpha value is -0.940. The van der Waals surface area contributed by atoms with E-state index in [0.717, 1.165) is 6.92 Å². The molecule has 0 aromatic heterocycles. The normalized spacial score (nSPS) is 6.30. The second-order valence-corrected chi connectivity index (χ2v) is 1.16. The van der Waals surface area contributed by atoms with Crippen molar-refractivity contribution >= 4 is 11.8 Å². The molecule has 0 bridgehead atoms. The predicted molar refractivity (Wildman–Crippen MR) is 34.4 cm³/mol. The van der Waals surface area contributed by atoms with Crippen LogP contribution in [0.5, 0.6) is 0 Å². The molecule has 0 radical (unpaired) electrons. The van der Waals surface area contributed by atoms with Crippen LogP contribution in [0.15, 0.2) is 0 Å². The lowest BCUT2D eigenvalue weighted by molar-refractivity contribution is -0.299. The van der Waals surface area contributed by atoms with Crippen LogP contribution in [-0.2, 0) is 9.59 Å². The van der Waals surface area contributed by atoms with Crippen LogP contribution < -0.4 is 11.3 Å². The quantitative estimate of drug-likeness (QED) is 0.453. The fourth-order valence-electron chi connectivity index (χ4n) is 0. The number of aliphatic carboxylic acids is 1. The Kier molecular flexibility index (Phi) is 17.5. The van der Waals surface area contributed by atoms with Gasteiger partial charge in [0, 0.05) is 13.5 Å². The van der Waals surface area contributed by atoms with Gasteiger partial charge in [-0.3, -0.25) is 4.79 Å². The van der Waals surface area contributed by atoms with Crippen molar-refractivity contribution in [3.8, 4) is 0 Å². The minimum Gasteiger partial charge on any atom is -0.542 e. The van der Waals surface area contributed by atoms with Crippen LogP contribution in [0.2, 0.25) is 0 Å². The van der Waals surface area contributed by atoms with Gasteiger partial charge in [-0.2, -0.15) is 0 Å². The van der Waals surface area contributed by atoms with Crippen molar-refractivity contribution in [2.75, 3.05) is 6.61 Å². The highest BCUT2D eigenvalue weighted by Gasteiger charge is 1.85. The van der Waals surface area contributed by atoms with E-state index in [4.69, 9.17) is 5.11 Å². The van der Waals surface area contributed by atoms with Crippen LogP contribution in [-0.4, -0.2) is 23.5 Å². The predicted octanol–water partition coefficient (Wildman–Crippen LogP) is -1.30. The highest BCUT2D eigenvalue weighted by atomic mass is 16.4. The Balaban J connectivity index is -0.000000107. The van der Waals surface area contributed by atoms with Gasteiger partial charge in [0.05, 0.1) is 0 Å². The molecule has 5 N–H and O–H groups in total. The SMILES string of the molecule is CC(=O)C(=O)[O-].CCO.[NH4+]. The third kappa shape index (κ3) is 27.7. The molecule has 0 saturated carbocycles. The van der Waals surface area contributed by atoms with Crippen LogP contribution in [0.4, 0.5) is 0 Å². The summed E-state index contributed by atoms with van der Waals surface area (Å²) < 4.78 is 0. The second kappa shape index (κ2) is 10.9. The number of ketones is 1. The summed E-state index contributed by atoms with van der Waals surface area (Å²) in [5, 5.41) is 16.8. The van der Waals surface area contributed by atoms with Crippen LogP contribution in [0.25, 0.3) is 0 Å². The summed E-state index contributed by atoms with van der Waals surface area (Å²) in [5.74, 6) is -2.56. The molecule has 0 atom stereocenters. The minimum atomic E-state index is -1.63. The third-order valence-corrected chi connectivity index (χ3v) is 0.287. The van der Waals surface area contributed by atoms with Gasteiger partial charge in [0.2, 0.25) is 0 Å². The summed E-state index contributed by atoms with van der Waals surface area (Å²) in [6.45, 7) is 2.87. The first-order chi connectivity index (χ1) is 4.06. The molecular weight excluding hydrogens is 138 g/mol. The standard InChI is InChI=1S/C3H4O3.C2H6O.H3N/c1-2(4)3(5)6;1-2-3;/h1H3,(H,5,6);3H,2H2,1H3;1H3. The largest absolute Gasteiger partial charge is 0.542 e. The fourth-order valence-corrected chi connectivity index (χ4v) is 0. The van der Waals surface area contributed by atoms with Crippen molar-refractivity contribution in [1.29, 1.82) is 0 Å². The molecule has 0 fully saturated rings. The van der Waals surface area contributed by atoms with Crippen LogP contribution in [0.3, 0.4) is 0 Å². The highest BCUT2D eigenvalue weighted by Crippen LogP contribution is 1.56. The fraction of sp³-hybridized carbons (Fsp3) is 0.600. The Labute approximate surface area is 59.3 Å². The summed E-state index contributed by atoms with van der Waals surface area (Å²) in [4.78, 5) is 18.7. The van der Waals surface area contributed by atoms with Gasteiger partial charge in [-0.1, -0.05) is 0 Å². The van der Waals surface area contributed by atoms with Crippen molar-refractivity contribution in [3.05, 3.63) is 0 Å². The van der Waals surface area contributed by atoms with E-state index in [9.17, 15) is 14.7 Å². The van der Waals surface area contributed by atoms with E-state index in [1.165, 1.54) is 0 Å². The van der Waals surface area contributed by atoms with Gasteiger partial charge in [0.25, 0.3) is 0 Å². The smallest absolute Gasteiger partial charge is 0.175 e. The molecule has 0 aliphatic carbocycles. The lowest BCUT2D eigenvalue weighted by Gasteiger charge is -1.87. The molecule has 5 nitrogen and oxygen atoms in total. The Morgan fingerprint density at radius 3 is 1.60 bits per heavy atom. The monoisotopic (exact) mass is 151 g/mol. The average Bonchev–Trinajstić information content (AvgIpc) is 1.68. The molecule has 5 heteroatoms. The van der Waals surface area contributed by atoms with Gasteiger partial charge in [0.15, 0.2) is 5.78 Å². The van der Waals surface area contributed by atoms with Gasteiger partial charge < -0.3 is 21.2 Å². The number of quaternary nitrogens is 1. The van der Waals surface area contributed by atoms with Gasteiger partial charge in [0.1, 0.15) is 5.97 Å². The van der Waals surface area contributed by atoms with Crippen LogP contribution in [0.1, 0.15) is 13.8 Å². The summed E-state index contributed by atoms with van der Waals surface area (Å²) in [6.07, 6.45) is 0. The maximum atomic E-state index is 9.48. The highest BCUT2D eigenvalue weighted by molar-refractivity contribution is 6.30. The summed E-state index contributed by atoms with van der Waals surface area (Å²) >= 11 is 0. The number of carbonyl (C=O) groups excluding carboxylic acids is 2. The topological polar surface area (TPSA) is 114 Å². The van der Waals surface area contributed by atoms with Gasteiger partial charge >= 0.3 is 0 Å². The molecular formula is C5H13NO4. The van der Waals surface area contributed by atoms with Crippen LogP contribution >= 0.6 is 0 Å². The van der Waals surface area contributed by atoms with Crippen LogP contribution in [0, 0.1) is 0 Å². The first-order valence-electron chi connectivity index (χ1n) is 2.39. The summed E-state index contributed by atoms with van der Waals surface area (Å²) in [5.41, 5.74) is 0. The van der Waals surface area contributed by atoms with E-state index in [0.29, 0.717) is 0 Å². The molecule has 10 heavy (non-hydrogen) atoms. The Morgan fingerprint density at radius 1 is 1.50 bits per heavy atom. The number of hydrogen-bond donors (Lipinski definition) is 2. The summed E-state index contributed by atoms with van der Waals surface area (Å²) in [7, 11) is 0. The van der Waals surface area contributed by atoms with Crippen molar-refractivity contribution in [2.45, 2.75) is 13.8 Å². The minimum absolute atomic E-state index is 0. The zero-order valence-electron chi connectivity index (χ0n) is 6.38. The molecule has 0 unspecified atom stereocenters. The molecule has 0 aromatic rings. The van der Waals surface area contributed by atoms with E-state index in [2.05, 4.69) is 0 Å². The number of aliphatic hydroxyl groups is 1. The lowest BCUT2D eigenvalue weighted by Crippen LogP contribution is -2.29. The Bertz CT molecular complexity index is 89.8. The lowest BCUT2D eigenvalue weighted by atomic mass is 10.5. The molecule has 0 amide bonds. The van der Waals surface area contributed by atoms with Gasteiger partial charge in [-0.25, -0.2) is 0 Å². The van der Waals surface area contributed by atoms with E-state index >= 15 is 0 Å². The van der Waals surface area contributed by atoms with E-state index in [1.807, 2.05) is 0 Å². The number of rotatable bonds is 1. The van der Waals surface area contributed by atoms with E-state index in [-0.39, 0.29) is 12.8 Å². The number of aliphatic hydroxyl groups excluding tert-OH is 1. The molecule has 0 aromatic carbocycles. The van der Waals surface area contributed by atoms with E-state index in [1.54, 1.807) is 6.92 Å². The van der Waals surface area contributed by atoms with Crippen molar-refractivity contribution in [3.63, 3.8) is 0 Å². The van der Waals surface area contributed by atoms with E-state index < -0.39 is 11.8 Å². The van der Waals surface area contributed by atoms with Crippen molar-refractivity contribution in [2.24, 2.45) is 0 Å². The van der Waals surface area contributed by atoms with Gasteiger partial charge in [-0.15, -0.1) is 0 Å². The molecule has 0 heterocycles. The zero-order chi connectivity index (χ0) is 7.86. The first kappa shape index (κ1) is 16.0. The molecule has 0 rings (SSSR count). The number of carboxylic acid groups (broad SMARTS) is 1. The molecule has 62 valence electrons. The molecule has 0 spiro atoms. The molecule has 0 aliphatic heterocycles. The number of Topliss-reactive ketones (excluding diaryl/α,β-unsaturated/α-hetero) is 1. The number of hydrogen-bond acceptors (Lipinski definition) is 4. The maximum Gasteiger partial charge on any atom is 0.175 e. The van der Waals surface area contributed by atoms with Crippen molar-refractivity contribution in [1.82, 2.24) is 6.15 Å². The molecule has 0 saturated heterocycles. The number of carboxylic acids is 1. The van der Waals surface area contributed by atoms with Crippen molar-refractivity contribution < 1.29 is 19.8 Å². The third-order valence-electron chi connectivity index (χ3n) is 0.287.